The number of carbonyl (C=O) groups excluding carboxylic acids is 2. The molecule has 1 atom stereocenters. The van der Waals surface area contributed by atoms with E-state index in [1.807, 2.05) is 25.1 Å². The van der Waals surface area contributed by atoms with Gasteiger partial charge in [0.25, 0.3) is 5.91 Å². The lowest BCUT2D eigenvalue weighted by molar-refractivity contribution is -0.124. The van der Waals surface area contributed by atoms with Gasteiger partial charge in [-0.2, -0.15) is 0 Å². The van der Waals surface area contributed by atoms with E-state index in [0.717, 1.165) is 33.9 Å². The van der Waals surface area contributed by atoms with E-state index < -0.39 is 0 Å². The second-order valence-electron chi connectivity index (χ2n) is 7.41. The number of carbonyl (C=O) groups is 2. The van der Waals surface area contributed by atoms with E-state index in [1.165, 1.54) is 0 Å². The lowest BCUT2D eigenvalue weighted by Crippen LogP contribution is -2.37. The molecule has 0 spiro atoms. The Morgan fingerprint density at radius 3 is 2.60 bits per heavy atom. The summed E-state index contributed by atoms with van der Waals surface area (Å²) in [5, 5.41) is 7.00. The summed E-state index contributed by atoms with van der Waals surface area (Å²) in [6.45, 7) is 3.31. The van der Waals surface area contributed by atoms with Gasteiger partial charge in [-0.25, -0.2) is 0 Å². The zero-order chi connectivity index (χ0) is 20.9. The van der Waals surface area contributed by atoms with Crippen molar-refractivity contribution in [1.29, 1.82) is 0 Å². The topological polar surface area (TPSA) is 75.2 Å². The molecule has 0 saturated carbocycles. The molecule has 1 fully saturated rings. The van der Waals surface area contributed by atoms with Gasteiger partial charge in [0.1, 0.15) is 4.88 Å². The van der Waals surface area contributed by atoms with Crippen molar-refractivity contribution in [2.24, 2.45) is 5.92 Å². The van der Waals surface area contributed by atoms with E-state index in [9.17, 15) is 9.59 Å². The number of nitrogens with zero attached hydrogens (tertiary/aromatic N) is 3. The molecule has 0 aliphatic carbocycles. The summed E-state index contributed by atoms with van der Waals surface area (Å²) in [5.74, 6) is -0.372. The van der Waals surface area contributed by atoms with Crippen molar-refractivity contribution < 1.29 is 9.59 Å². The maximum atomic E-state index is 13.0. The predicted octanol–water partition coefficient (Wildman–Crippen LogP) is 3.20. The minimum absolute atomic E-state index is 0.00409. The Kier molecular flexibility index (Phi) is 6.18. The molecule has 1 aromatic heterocycles. The number of benzene rings is 2. The first-order chi connectivity index (χ1) is 14.7. The van der Waals surface area contributed by atoms with Gasteiger partial charge in [0, 0.05) is 19.6 Å². The first-order valence-corrected chi connectivity index (χ1v) is 11.0. The average Bonchev–Trinajstić information content (AvgIpc) is 3.19. The van der Waals surface area contributed by atoms with Gasteiger partial charge < -0.3 is 10.2 Å². The minimum Gasteiger partial charge on any atom is -0.354 e. The zero-order valence-electron chi connectivity index (χ0n) is 16.9. The molecule has 1 N–H and O–H groups in total. The van der Waals surface area contributed by atoms with Crippen LogP contribution in [0.4, 0.5) is 0 Å². The summed E-state index contributed by atoms with van der Waals surface area (Å²) in [7, 11) is 0. The van der Waals surface area contributed by atoms with Crippen LogP contribution in [0.25, 0.3) is 11.1 Å². The van der Waals surface area contributed by atoms with Crippen LogP contribution in [-0.4, -0.2) is 45.9 Å². The summed E-state index contributed by atoms with van der Waals surface area (Å²) < 4.78 is 3.93. The quantitative estimate of drug-likeness (QED) is 0.688. The van der Waals surface area contributed by atoms with Crippen LogP contribution < -0.4 is 5.32 Å². The summed E-state index contributed by atoms with van der Waals surface area (Å²) in [4.78, 5) is 28.0. The summed E-state index contributed by atoms with van der Waals surface area (Å²) in [5.41, 5.74) is 4.11. The Hall–Kier alpha value is -3.06. The van der Waals surface area contributed by atoms with Crippen molar-refractivity contribution >= 4 is 23.3 Å². The van der Waals surface area contributed by atoms with Gasteiger partial charge in [-0.15, -0.1) is 5.10 Å². The van der Waals surface area contributed by atoms with Crippen molar-refractivity contribution in [2.75, 3.05) is 19.6 Å². The van der Waals surface area contributed by atoms with Crippen LogP contribution in [-0.2, 0) is 17.6 Å². The molecular weight excluding hydrogens is 396 g/mol. The highest BCUT2D eigenvalue weighted by Gasteiger charge is 2.30. The van der Waals surface area contributed by atoms with Crippen molar-refractivity contribution in [1.82, 2.24) is 19.8 Å². The van der Waals surface area contributed by atoms with Gasteiger partial charge in [0.05, 0.1) is 11.6 Å². The number of aryl methyl sites for hydroxylation is 1. The second kappa shape index (κ2) is 9.17. The third kappa shape index (κ3) is 4.41. The fourth-order valence-corrected chi connectivity index (χ4v) is 4.45. The molecule has 3 aromatic rings. The first-order valence-electron chi connectivity index (χ1n) is 10.2. The van der Waals surface area contributed by atoms with E-state index in [1.54, 1.807) is 4.90 Å². The van der Waals surface area contributed by atoms with Crippen LogP contribution in [0.2, 0.25) is 0 Å². The van der Waals surface area contributed by atoms with E-state index in [2.05, 4.69) is 51.3 Å². The molecule has 154 valence electrons. The third-order valence-electron chi connectivity index (χ3n) is 5.41. The van der Waals surface area contributed by atoms with Crippen LogP contribution in [0, 0.1) is 5.92 Å². The molecule has 1 aliphatic heterocycles. The summed E-state index contributed by atoms with van der Waals surface area (Å²) in [6, 6.07) is 18.5. The lowest BCUT2D eigenvalue weighted by atomic mass is 9.96. The minimum atomic E-state index is -0.287. The van der Waals surface area contributed by atoms with Crippen LogP contribution >= 0.6 is 11.5 Å². The number of hydrogen-bond donors (Lipinski definition) is 1. The second-order valence-corrected chi connectivity index (χ2v) is 8.16. The van der Waals surface area contributed by atoms with Crippen molar-refractivity contribution in [3.8, 4) is 11.1 Å². The Balaban J connectivity index is 1.48. The predicted molar refractivity (Wildman–Crippen MR) is 117 cm³/mol. The van der Waals surface area contributed by atoms with Gasteiger partial charge in [-0.05, 0) is 41.1 Å². The Bertz CT molecular complexity index is 1020. The number of amides is 2. The Morgan fingerprint density at radius 1 is 1.13 bits per heavy atom. The molecule has 2 heterocycles. The van der Waals surface area contributed by atoms with Gasteiger partial charge in [0.2, 0.25) is 5.91 Å². The fourth-order valence-electron chi connectivity index (χ4n) is 3.73. The van der Waals surface area contributed by atoms with E-state index in [-0.39, 0.29) is 17.7 Å². The Labute approximate surface area is 180 Å². The molecule has 6 nitrogen and oxygen atoms in total. The molecule has 1 aliphatic rings. The molecular formula is C23H24N4O2S. The molecule has 2 amide bonds. The van der Waals surface area contributed by atoms with Gasteiger partial charge in [-0.3, -0.25) is 9.59 Å². The number of hydrogen-bond acceptors (Lipinski definition) is 5. The molecule has 0 bridgehead atoms. The summed E-state index contributed by atoms with van der Waals surface area (Å²) >= 11 is 1.13. The number of nitrogens with one attached hydrogen (secondary N) is 1. The van der Waals surface area contributed by atoms with Gasteiger partial charge in [-0.1, -0.05) is 66.0 Å². The maximum Gasteiger partial charge on any atom is 0.267 e. The smallest absolute Gasteiger partial charge is 0.267 e. The standard InChI is InChI=1S/C23H24N4O2S/c1-2-20-21(30-26-25-20)23(29)27-13-12-24-22(28)19(15-27)14-16-8-10-18(11-9-16)17-6-4-3-5-7-17/h3-11,19H,2,12-15H2,1H3,(H,24,28)/t19-/m0/s1. The zero-order valence-corrected chi connectivity index (χ0v) is 17.7. The molecule has 7 heteroatoms. The fraction of sp³-hybridized carbons (Fsp3) is 0.304. The highest BCUT2D eigenvalue weighted by molar-refractivity contribution is 7.08. The first kappa shape index (κ1) is 20.2. The number of rotatable bonds is 5. The van der Waals surface area contributed by atoms with E-state index in [0.29, 0.717) is 37.4 Å². The molecule has 0 unspecified atom stereocenters. The highest BCUT2D eigenvalue weighted by atomic mass is 32.1. The van der Waals surface area contributed by atoms with Crippen molar-refractivity contribution in [3.05, 3.63) is 70.7 Å². The molecule has 30 heavy (non-hydrogen) atoms. The average molecular weight is 421 g/mol. The largest absolute Gasteiger partial charge is 0.354 e. The highest BCUT2D eigenvalue weighted by Crippen LogP contribution is 2.22. The molecule has 0 radical (unpaired) electrons. The van der Waals surface area contributed by atoms with E-state index >= 15 is 0 Å². The van der Waals surface area contributed by atoms with Crippen LogP contribution in [0.1, 0.15) is 27.9 Å². The van der Waals surface area contributed by atoms with Crippen LogP contribution in [0.3, 0.4) is 0 Å². The van der Waals surface area contributed by atoms with E-state index in [4.69, 9.17) is 0 Å². The van der Waals surface area contributed by atoms with Gasteiger partial charge >= 0.3 is 0 Å². The lowest BCUT2D eigenvalue weighted by Gasteiger charge is -2.23. The molecule has 2 aromatic carbocycles. The third-order valence-corrected chi connectivity index (χ3v) is 6.16. The van der Waals surface area contributed by atoms with Crippen molar-refractivity contribution in [2.45, 2.75) is 19.8 Å². The van der Waals surface area contributed by atoms with Crippen LogP contribution in [0.15, 0.2) is 54.6 Å². The molecule has 1 saturated heterocycles. The Morgan fingerprint density at radius 2 is 1.87 bits per heavy atom. The van der Waals surface area contributed by atoms with Crippen molar-refractivity contribution in [3.63, 3.8) is 0 Å². The SMILES string of the molecule is CCc1nnsc1C(=O)N1CCNC(=O)[C@@H](Cc2ccc(-c3ccccc3)cc2)C1. The monoisotopic (exact) mass is 420 g/mol. The number of aromatic nitrogens is 2. The van der Waals surface area contributed by atoms with Gasteiger partial charge in [0.15, 0.2) is 0 Å². The summed E-state index contributed by atoms with van der Waals surface area (Å²) in [6.07, 6.45) is 1.26. The molecule has 4 rings (SSSR count). The van der Waals surface area contributed by atoms with Crippen LogP contribution in [0.5, 0.6) is 0 Å². The normalized spacial score (nSPS) is 16.8. The maximum absolute atomic E-state index is 13.0.